The zero-order valence-electron chi connectivity index (χ0n) is 11.1. The van der Waals surface area contributed by atoms with Crippen LogP contribution in [0.1, 0.15) is 44.9 Å². The van der Waals surface area contributed by atoms with Crippen LogP contribution in [0.15, 0.2) is 0 Å². The molecule has 0 radical (unpaired) electrons. The summed E-state index contributed by atoms with van der Waals surface area (Å²) >= 11 is 0. The number of aliphatic hydroxyl groups excluding tert-OH is 1. The zero-order chi connectivity index (χ0) is 11.9. The van der Waals surface area contributed by atoms with Gasteiger partial charge in [0, 0.05) is 19.2 Å². The maximum absolute atomic E-state index is 8.95. The van der Waals surface area contributed by atoms with E-state index in [0.29, 0.717) is 6.61 Å². The smallest absolute Gasteiger partial charge is 0.0443 e. The Labute approximate surface area is 106 Å². The third-order valence-electron chi connectivity index (χ3n) is 4.31. The molecule has 1 saturated heterocycles. The van der Waals surface area contributed by atoms with Crippen molar-refractivity contribution in [2.75, 3.05) is 39.3 Å². The van der Waals surface area contributed by atoms with Crippen LogP contribution in [0, 0.1) is 0 Å². The first-order valence-corrected chi connectivity index (χ1v) is 7.47. The summed E-state index contributed by atoms with van der Waals surface area (Å²) in [6, 6.07) is 0.833. The zero-order valence-corrected chi connectivity index (χ0v) is 11.1. The van der Waals surface area contributed by atoms with Crippen molar-refractivity contribution in [2.45, 2.75) is 51.0 Å². The van der Waals surface area contributed by atoms with Crippen LogP contribution in [-0.2, 0) is 0 Å². The van der Waals surface area contributed by atoms with Gasteiger partial charge in [0.2, 0.25) is 0 Å². The SMILES string of the molecule is OCCCN(CCCN1CCCC1)C1CCC1. The minimum Gasteiger partial charge on any atom is -0.396 e. The number of hydrogen-bond donors (Lipinski definition) is 1. The summed E-state index contributed by atoms with van der Waals surface area (Å²) in [6.45, 7) is 6.60. The monoisotopic (exact) mass is 240 g/mol. The first kappa shape index (κ1) is 13.3. The Hall–Kier alpha value is -0.120. The summed E-state index contributed by atoms with van der Waals surface area (Å²) in [6.07, 6.45) is 9.23. The van der Waals surface area contributed by atoms with Gasteiger partial charge in [0.1, 0.15) is 0 Å². The van der Waals surface area contributed by atoms with Gasteiger partial charge in [-0.1, -0.05) is 6.42 Å². The lowest BCUT2D eigenvalue weighted by Gasteiger charge is -2.37. The minimum atomic E-state index is 0.343. The van der Waals surface area contributed by atoms with Gasteiger partial charge in [-0.3, -0.25) is 0 Å². The molecule has 2 rings (SSSR count). The van der Waals surface area contributed by atoms with E-state index in [-0.39, 0.29) is 0 Å². The Bertz CT molecular complexity index is 200. The van der Waals surface area contributed by atoms with E-state index >= 15 is 0 Å². The van der Waals surface area contributed by atoms with Crippen molar-refractivity contribution in [3.05, 3.63) is 0 Å². The average Bonchev–Trinajstić information content (AvgIpc) is 2.76. The topological polar surface area (TPSA) is 26.7 Å². The van der Waals surface area contributed by atoms with Crippen LogP contribution >= 0.6 is 0 Å². The maximum atomic E-state index is 8.95. The van der Waals surface area contributed by atoms with Crippen molar-refractivity contribution in [1.82, 2.24) is 9.80 Å². The van der Waals surface area contributed by atoms with Gasteiger partial charge in [-0.2, -0.15) is 0 Å². The molecule has 0 aromatic carbocycles. The van der Waals surface area contributed by atoms with Gasteiger partial charge < -0.3 is 14.9 Å². The lowest BCUT2D eigenvalue weighted by Crippen LogP contribution is -2.42. The van der Waals surface area contributed by atoms with Gasteiger partial charge in [0.05, 0.1) is 0 Å². The summed E-state index contributed by atoms with van der Waals surface area (Å²) in [5, 5.41) is 8.95. The van der Waals surface area contributed by atoms with Crippen molar-refractivity contribution in [2.24, 2.45) is 0 Å². The van der Waals surface area contributed by atoms with Crippen LogP contribution in [0.5, 0.6) is 0 Å². The van der Waals surface area contributed by atoms with Gasteiger partial charge in [0.15, 0.2) is 0 Å². The first-order chi connectivity index (χ1) is 8.40. The van der Waals surface area contributed by atoms with Gasteiger partial charge in [-0.15, -0.1) is 0 Å². The molecule has 0 amide bonds. The van der Waals surface area contributed by atoms with Gasteiger partial charge in [-0.25, -0.2) is 0 Å². The molecule has 0 aromatic heterocycles. The molecule has 3 nitrogen and oxygen atoms in total. The summed E-state index contributed by atoms with van der Waals surface area (Å²) < 4.78 is 0. The maximum Gasteiger partial charge on any atom is 0.0443 e. The van der Waals surface area contributed by atoms with Gasteiger partial charge in [0.25, 0.3) is 0 Å². The molecule has 1 heterocycles. The summed E-state index contributed by atoms with van der Waals surface area (Å²) in [7, 11) is 0. The molecule has 1 N–H and O–H groups in total. The molecular formula is C14H28N2O. The molecule has 17 heavy (non-hydrogen) atoms. The Kier molecular flexibility index (Phi) is 5.75. The average molecular weight is 240 g/mol. The largest absolute Gasteiger partial charge is 0.396 e. The van der Waals surface area contributed by atoms with E-state index < -0.39 is 0 Å². The standard InChI is InChI=1S/C14H28N2O/c17-13-5-12-16(14-6-3-7-14)11-4-10-15-8-1-2-9-15/h14,17H,1-13H2. The Morgan fingerprint density at radius 1 is 1.00 bits per heavy atom. The molecular weight excluding hydrogens is 212 g/mol. The third kappa shape index (κ3) is 4.23. The summed E-state index contributed by atoms with van der Waals surface area (Å²) in [5.74, 6) is 0. The fourth-order valence-corrected chi connectivity index (χ4v) is 3.01. The number of hydrogen-bond acceptors (Lipinski definition) is 3. The van der Waals surface area contributed by atoms with E-state index in [1.54, 1.807) is 0 Å². The normalized spacial score (nSPS) is 22.2. The molecule has 3 heteroatoms. The molecule has 1 aliphatic carbocycles. The Morgan fingerprint density at radius 3 is 2.29 bits per heavy atom. The van der Waals surface area contributed by atoms with Crippen LogP contribution in [0.25, 0.3) is 0 Å². The number of likely N-dealkylation sites (tertiary alicyclic amines) is 1. The van der Waals surface area contributed by atoms with Crippen molar-refractivity contribution in [1.29, 1.82) is 0 Å². The highest BCUT2D eigenvalue weighted by Gasteiger charge is 2.24. The highest BCUT2D eigenvalue weighted by atomic mass is 16.3. The van der Waals surface area contributed by atoms with Gasteiger partial charge >= 0.3 is 0 Å². The van der Waals surface area contributed by atoms with E-state index in [2.05, 4.69) is 9.80 Å². The Balaban J connectivity index is 1.61. The molecule has 1 aliphatic heterocycles. The second kappa shape index (κ2) is 7.34. The van der Waals surface area contributed by atoms with Crippen LogP contribution in [0.2, 0.25) is 0 Å². The quantitative estimate of drug-likeness (QED) is 0.700. The highest BCUT2D eigenvalue weighted by molar-refractivity contribution is 4.80. The molecule has 2 aliphatic rings. The van der Waals surface area contributed by atoms with Gasteiger partial charge in [-0.05, 0) is 64.7 Å². The highest BCUT2D eigenvalue weighted by Crippen LogP contribution is 2.25. The van der Waals surface area contributed by atoms with Crippen molar-refractivity contribution >= 4 is 0 Å². The molecule has 0 unspecified atom stereocenters. The predicted molar refractivity (Wildman–Crippen MR) is 71.2 cm³/mol. The van der Waals surface area contributed by atoms with E-state index in [1.807, 2.05) is 0 Å². The molecule has 1 saturated carbocycles. The lowest BCUT2D eigenvalue weighted by atomic mass is 9.91. The molecule has 100 valence electrons. The minimum absolute atomic E-state index is 0.343. The van der Waals surface area contributed by atoms with Crippen molar-refractivity contribution < 1.29 is 5.11 Å². The third-order valence-corrected chi connectivity index (χ3v) is 4.31. The van der Waals surface area contributed by atoms with E-state index in [4.69, 9.17) is 5.11 Å². The fourth-order valence-electron chi connectivity index (χ4n) is 3.01. The fraction of sp³-hybridized carbons (Fsp3) is 1.00. The molecule has 2 fully saturated rings. The number of nitrogens with zero attached hydrogens (tertiary/aromatic N) is 2. The van der Waals surface area contributed by atoms with E-state index in [0.717, 1.165) is 19.0 Å². The lowest BCUT2D eigenvalue weighted by molar-refractivity contribution is 0.111. The van der Waals surface area contributed by atoms with E-state index in [1.165, 1.54) is 64.7 Å². The predicted octanol–water partition coefficient (Wildman–Crippen LogP) is 1.71. The summed E-state index contributed by atoms with van der Waals surface area (Å²) in [4.78, 5) is 5.22. The molecule has 0 aromatic rings. The number of aliphatic hydroxyl groups is 1. The van der Waals surface area contributed by atoms with Crippen LogP contribution in [-0.4, -0.2) is 60.3 Å². The molecule has 0 spiro atoms. The second-order valence-electron chi connectivity index (χ2n) is 5.60. The Morgan fingerprint density at radius 2 is 1.71 bits per heavy atom. The van der Waals surface area contributed by atoms with Crippen LogP contribution in [0.3, 0.4) is 0 Å². The second-order valence-corrected chi connectivity index (χ2v) is 5.60. The number of rotatable bonds is 8. The van der Waals surface area contributed by atoms with Crippen LogP contribution in [0.4, 0.5) is 0 Å². The van der Waals surface area contributed by atoms with Crippen molar-refractivity contribution in [3.63, 3.8) is 0 Å². The van der Waals surface area contributed by atoms with Crippen molar-refractivity contribution in [3.8, 4) is 0 Å². The van der Waals surface area contributed by atoms with Crippen LogP contribution < -0.4 is 0 Å². The molecule has 0 bridgehead atoms. The summed E-state index contributed by atoms with van der Waals surface area (Å²) in [5.41, 5.74) is 0. The van der Waals surface area contributed by atoms with E-state index in [9.17, 15) is 0 Å². The molecule has 0 atom stereocenters. The first-order valence-electron chi connectivity index (χ1n) is 7.47.